The lowest BCUT2D eigenvalue weighted by Gasteiger charge is -2.16. The van der Waals surface area contributed by atoms with Crippen LogP contribution >= 0.6 is 0 Å². The predicted molar refractivity (Wildman–Crippen MR) is 64.5 cm³/mol. The van der Waals surface area contributed by atoms with Crippen LogP contribution in [-0.2, 0) is 0 Å². The molecule has 0 amide bonds. The lowest BCUT2D eigenvalue weighted by atomic mass is 10.1. The Labute approximate surface area is 94.9 Å². The third kappa shape index (κ3) is 2.17. The maximum absolute atomic E-state index is 9.72. The Hall–Kier alpha value is -1.55. The van der Waals surface area contributed by atoms with E-state index in [2.05, 4.69) is 10.3 Å². The van der Waals surface area contributed by atoms with E-state index in [0.717, 1.165) is 11.5 Å². The van der Waals surface area contributed by atoms with Gasteiger partial charge in [-0.15, -0.1) is 0 Å². The van der Waals surface area contributed by atoms with Crippen molar-refractivity contribution in [3.05, 3.63) is 30.6 Å². The van der Waals surface area contributed by atoms with E-state index in [9.17, 15) is 5.11 Å². The Morgan fingerprint density at radius 3 is 3.00 bits per heavy atom. The minimum atomic E-state index is -0.334. The van der Waals surface area contributed by atoms with Crippen molar-refractivity contribution in [2.75, 3.05) is 11.9 Å². The van der Waals surface area contributed by atoms with Gasteiger partial charge in [0.05, 0.1) is 6.10 Å². The SMILES string of the molecule is CC(C)C(O)CNc1cccc2nccn12. The smallest absolute Gasteiger partial charge is 0.138 e. The Morgan fingerprint density at radius 1 is 1.44 bits per heavy atom. The highest BCUT2D eigenvalue weighted by atomic mass is 16.3. The van der Waals surface area contributed by atoms with Gasteiger partial charge in [-0.25, -0.2) is 4.98 Å². The molecule has 1 unspecified atom stereocenters. The summed E-state index contributed by atoms with van der Waals surface area (Å²) in [4.78, 5) is 4.20. The number of anilines is 1. The van der Waals surface area contributed by atoms with Gasteiger partial charge in [0.25, 0.3) is 0 Å². The molecule has 2 heterocycles. The highest BCUT2D eigenvalue weighted by Gasteiger charge is 2.09. The van der Waals surface area contributed by atoms with Crippen molar-refractivity contribution in [2.45, 2.75) is 20.0 Å². The summed E-state index contributed by atoms with van der Waals surface area (Å²) in [6.07, 6.45) is 3.33. The first-order valence-electron chi connectivity index (χ1n) is 5.52. The van der Waals surface area contributed by atoms with E-state index >= 15 is 0 Å². The number of hydrogen-bond acceptors (Lipinski definition) is 3. The Kier molecular flexibility index (Phi) is 3.10. The van der Waals surface area contributed by atoms with Crippen molar-refractivity contribution in [2.24, 2.45) is 5.92 Å². The van der Waals surface area contributed by atoms with E-state index in [1.165, 1.54) is 0 Å². The molecule has 0 aliphatic heterocycles. The van der Waals surface area contributed by atoms with Gasteiger partial charge in [0.15, 0.2) is 0 Å². The summed E-state index contributed by atoms with van der Waals surface area (Å²) in [6, 6.07) is 5.87. The van der Waals surface area contributed by atoms with Crippen molar-refractivity contribution < 1.29 is 5.11 Å². The summed E-state index contributed by atoms with van der Waals surface area (Å²) in [5.41, 5.74) is 0.907. The minimum absolute atomic E-state index is 0.259. The average molecular weight is 219 g/mol. The molecule has 2 aromatic heterocycles. The van der Waals surface area contributed by atoms with Crippen LogP contribution in [0.25, 0.3) is 5.65 Å². The second-order valence-electron chi connectivity index (χ2n) is 4.26. The first-order chi connectivity index (χ1) is 7.68. The van der Waals surface area contributed by atoms with Gasteiger partial charge in [0.1, 0.15) is 11.5 Å². The van der Waals surface area contributed by atoms with Crippen LogP contribution in [0.2, 0.25) is 0 Å². The lowest BCUT2D eigenvalue weighted by Crippen LogP contribution is -2.25. The zero-order valence-corrected chi connectivity index (χ0v) is 9.59. The number of aromatic nitrogens is 2. The molecule has 2 N–H and O–H groups in total. The Balaban J connectivity index is 2.12. The van der Waals surface area contributed by atoms with E-state index in [1.54, 1.807) is 6.20 Å². The molecule has 16 heavy (non-hydrogen) atoms. The predicted octanol–water partition coefficient (Wildman–Crippen LogP) is 1.76. The van der Waals surface area contributed by atoms with Crippen LogP contribution < -0.4 is 5.32 Å². The van der Waals surface area contributed by atoms with Crippen LogP contribution in [0, 0.1) is 5.92 Å². The molecule has 0 saturated heterocycles. The molecule has 0 aliphatic carbocycles. The van der Waals surface area contributed by atoms with Gasteiger partial charge < -0.3 is 10.4 Å². The minimum Gasteiger partial charge on any atom is -0.391 e. The normalized spacial score (nSPS) is 13.2. The van der Waals surface area contributed by atoms with E-state index in [0.29, 0.717) is 6.54 Å². The number of nitrogens with one attached hydrogen (secondary N) is 1. The molecule has 1 atom stereocenters. The number of hydrogen-bond donors (Lipinski definition) is 2. The van der Waals surface area contributed by atoms with Crippen LogP contribution in [0.4, 0.5) is 5.82 Å². The van der Waals surface area contributed by atoms with E-state index in [1.807, 2.05) is 42.6 Å². The zero-order chi connectivity index (χ0) is 11.5. The molecule has 86 valence electrons. The second kappa shape index (κ2) is 4.53. The number of rotatable bonds is 4. The molecule has 4 heteroatoms. The van der Waals surface area contributed by atoms with Crippen molar-refractivity contribution in [1.29, 1.82) is 0 Å². The van der Waals surface area contributed by atoms with Gasteiger partial charge in [0, 0.05) is 18.9 Å². The quantitative estimate of drug-likeness (QED) is 0.823. The van der Waals surface area contributed by atoms with Crippen LogP contribution in [0.1, 0.15) is 13.8 Å². The molecule has 0 fully saturated rings. The van der Waals surface area contributed by atoms with Crippen LogP contribution in [0.5, 0.6) is 0 Å². The molecule has 0 aromatic carbocycles. The van der Waals surface area contributed by atoms with Gasteiger partial charge >= 0.3 is 0 Å². The third-order valence-corrected chi connectivity index (χ3v) is 2.69. The number of pyridine rings is 1. The van der Waals surface area contributed by atoms with Crippen molar-refractivity contribution in [1.82, 2.24) is 9.38 Å². The van der Waals surface area contributed by atoms with Gasteiger partial charge in [-0.05, 0) is 18.1 Å². The first kappa shape index (κ1) is 11.0. The van der Waals surface area contributed by atoms with E-state index < -0.39 is 0 Å². The molecule has 0 spiro atoms. The average Bonchev–Trinajstić information content (AvgIpc) is 2.73. The van der Waals surface area contributed by atoms with Crippen molar-refractivity contribution in [3.8, 4) is 0 Å². The number of fused-ring (bicyclic) bond motifs is 1. The number of aliphatic hydroxyl groups excluding tert-OH is 1. The number of imidazole rings is 1. The summed E-state index contributed by atoms with van der Waals surface area (Å²) >= 11 is 0. The van der Waals surface area contributed by atoms with Crippen molar-refractivity contribution in [3.63, 3.8) is 0 Å². The largest absolute Gasteiger partial charge is 0.391 e. The standard InChI is InChI=1S/C12H17N3O/c1-9(2)10(16)8-14-12-5-3-4-11-13-6-7-15(11)12/h3-7,9-10,14,16H,8H2,1-2H3. The van der Waals surface area contributed by atoms with Gasteiger partial charge in [0.2, 0.25) is 0 Å². The summed E-state index contributed by atoms with van der Waals surface area (Å²) < 4.78 is 1.97. The summed E-state index contributed by atoms with van der Waals surface area (Å²) in [7, 11) is 0. The molecular weight excluding hydrogens is 202 g/mol. The maximum atomic E-state index is 9.72. The fourth-order valence-electron chi connectivity index (χ4n) is 1.54. The zero-order valence-electron chi connectivity index (χ0n) is 9.59. The Morgan fingerprint density at radius 2 is 2.25 bits per heavy atom. The van der Waals surface area contributed by atoms with Gasteiger partial charge in [-0.3, -0.25) is 4.40 Å². The summed E-state index contributed by atoms with van der Waals surface area (Å²) in [5, 5.41) is 13.0. The highest BCUT2D eigenvalue weighted by molar-refractivity contribution is 5.49. The molecule has 2 aromatic rings. The van der Waals surface area contributed by atoms with Crippen LogP contribution in [0.15, 0.2) is 30.6 Å². The topological polar surface area (TPSA) is 49.6 Å². The second-order valence-corrected chi connectivity index (χ2v) is 4.26. The molecule has 0 aliphatic rings. The molecule has 0 bridgehead atoms. The third-order valence-electron chi connectivity index (χ3n) is 2.69. The fourth-order valence-corrected chi connectivity index (χ4v) is 1.54. The fraction of sp³-hybridized carbons (Fsp3) is 0.417. The first-order valence-corrected chi connectivity index (χ1v) is 5.52. The van der Waals surface area contributed by atoms with Crippen LogP contribution in [0.3, 0.4) is 0 Å². The number of aliphatic hydroxyl groups is 1. The molecular formula is C12H17N3O. The van der Waals surface area contributed by atoms with Crippen LogP contribution in [-0.4, -0.2) is 27.1 Å². The van der Waals surface area contributed by atoms with Gasteiger partial charge in [-0.1, -0.05) is 19.9 Å². The van der Waals surface area contributed by atoms with Crippen molar-refractivity contribution >= 4 is 11.5 Å². The van der Waals surface area contributed by atoms with E-state index in [4.69, 9.17) is 0 Å². The maximum Gasteiger partial charge on any atom is 0.138 e. The number of nitrogens with zero attached hydrogens (tertiary/aromatic N) is 2. The highest BCUT2D eigenvalue weighted by Crippen LogP contribution is 2.11. The summed E-state index contributed by atoms with van der Waals surface area (Å²) in [6.45, 7) is 4.56. The molecule has 0 radical (unpaired) electrons. The molecule has 4 nitrogen and oxygen atoms in total. The lowest BCUT2D eigenvalue weighted by molar-refractivity contribution is 0.138. The Bertz CT molecular complexity index is 464. The summed E-state index contributed by atoms with van der Waals surface area (Å²) in [5.74, 6) is 1.21. The molecule has 2 rings (SSSR count). The molecule has 0 saturated carbocycles. The monoisotopic (exact) mass is 219 g/mol. The van der Waals surface area contributed by atoms with E-state index in [-0.39, 0.29) is 12.0 Å². The van der Waals surface area contributed by atoms with Gasteiger partial charge in [-0.2, -0.15) is 0 Å².